The maximum absolute atomic E-state index is 8.92. The predicted molar refractivity (Wildman–Crippen MR) is 70.0 cm³/mol. The highest BCUT2D eigenvalue weighted by Gasteiger charge is 2.23. The first kappa shape index (κ1) is 12.4. The lowest BCUT2D eigenvalue weighted by Crippen LogP contribution is -2.55. The van der Waals surface area contributed by atoms with Gasteiger partial charge in [-0.15, -0.1) is 0 Å². The molecule has 2 unspecified atom stereocenters. The lowest BCUT2D eigenvalue weighted by atomic mass is 10.1. The van der Waals surface area contributed by atoms with Gasteiger partial charge >= 0.3 is 0 Å². The highest BCUT2D eigenvalue weighted by molar-refractivity contribution is 5.52. The maximum atomic E-state index is 8.92. The quantitative estimate of drug-likeness (QED) is 0.853. The molecule has 1 aromatic rings. The Hall–Kier alpha value is -2.04. The Labute approximate surface area is 107 Å². The second-order valence-corrected chi connectivity index (χ2v) is 4.69. The molecule has 2 rings (SSSR count). The van der Waals surface area contributed by atoms with E-state index >= 15 is 0 Å². The molecule has 1 fully saturated rings. The molecule has 4 nitrogen and oxygen atoms in total. The van der Waals surface area contributed by atoms with Crippen LogP contribution in [0.1, 0.15) is 18.9 Å². The largest absolute Gasteiger partial charge is 0.368 e. The zero-order valence-electron chi connectivity index (χ0n) is 10.4. The molecule has 4 heteroatoms. The fourth-order valence-corrected chi connectivity index (χ4v) is 2.40. The minimum absolute atomic E-state index is 0.199. The minimum atomic E-state index is 0.199. The van der Waals surface area contributed by atoms with Crippen LogP contribution in [0.5, 0.6) is 0 Å². The number of benzene rings is 1. The van der Waals surface area contributed by atoms with Crippen molar-refractivity contribution >= 4 is 5.69 Å². The van der Waals surface area contributed by atoms with E-state index in [4.69, 9.17) is 10.5 Å². The van der Waals surface area contributed by atoms with E-state index in [2.05, 4.69) is 29.3 Å². The number of hydrogen-bond donors (Lipinski definition) is 1. The van der Waals surface area contributed by atoms with Crippen molar-refractivity contribution in [2.75, 3.05) is 18.0 Å². The summed E-state index contributed by atoms with van der Waals surface area (Å²) >= 11 is 0. The summed E-state index contributed by atoms with van der Waals surface area (Å²) in [5, 5.41) is 21.1. The third-order valence-electron chi connectivity index (χ3n) is 3.13. The van der Waals surface area contributed by atoms with Crippen LogP contribution in [0.3, 0.4) is 0 Å². The second kappa shape index (κ2) is 5.53. The van der Waals surface area contributed by atoms with Gasteiger partial charge in [-0.25, -0.2) is 0 Å². The Kier molecular flexibility index (Phi) is 3.82. The van der Waals surface area contributed by atoms with E-state index in [9.17, 15) is 0 Å². The van der Waals surface area contributed by atoms with Crippen LogP contribution >= 0.6 is 0 Å². The molecule has 0 saturated carbocycles. The van der Waals surface area contributed by atoms with Gasteiger partial charge < -0.3 is 10.2 Å². The summed E-state index contributed by atoms with van der Waals surface area (Å²) < 4.78 is 0. The van der Waals surface area contributed by atoms with E-state index in [-0.39, 0.29) is 6.04 Å². The van der Waals surface area contributed by atoms with Gasteiger partial charge in [0.2, 0.25) is 0 Å². The van der Waals surface area contributed by atoms with E-state index in [1.165, 1.54) is 0 Å². The Balaban J connectivity index is 2.16. The molecule has 92 valence electrons. The number of nitriles is 2. The topological polar surface area (TPSA) is 62.9 Å². The van der Waals surface area contributed by atoms with Gasteiger partial charge in [-0.3, -0.25) is 0 Å². The molecule has 18 heavy (non-hydrogen) atoms. The average Bonchev–Trinajstić information content (AvgIpc) is 2.38. The van der Waals surface area contributed by atoms with Crippen molar-refractivity contribution in [3.05, 3.63) is 29.8 Å². The zero-order chi connectivity index (χ0) is 13.0. The number of nitrogens with one attached hydrogen (secondary N) is 1. The number of anilines is 1. The van der Waals surface area contributed by atoms with Gasteiger partial charge in [0.1, 0.15) is 0 Å². The third kappa shape index (κ3) is 2.80. The van der Waals surface area contributed by atoms with Crippen molar-refractivity contribution in [1.82, 2.24) is 5.32 Å². The van der Waals surface area contributed by atoms with Crippen LogP contribution in [0.15, 0.2) is 24.3 Å². The molecule has 1 heterocycles. The Morgan fingerprint density at radius 2 is 2.22 bits per heavy atom. The summed E-state index contributed by atoms with van der Waals surface area (Å²) in [6, 6.07) is 12.5. The third-order valence-corrected chi connectivity index (χ3v) is 3.13. The fourth-order valence-electron chi connectivity index (χ4n) is 2.40. The molecule has 0 amide bonds. The van der Waals surface area contributed by atoms with Crippen LogP contribution in [-0.4, -0.2) is 25.2 Å². The van der Waals surface area contributed by atoms with Crippen LogP contribution in [-0.2, 0) is 0 Å². The van der Waals surface area contributed by atoms with Gasteiger partial charge in [0, 0.05) is 30.9 Å². The first-order chi connectivity index (χ1) is 8.72. The summed E-state index contributed by atoms with van der Waals surface area (Å²) in [6.07, 6.45) is 0.513. The summed E-state index contributed by atoms with van der Waals surface area (Å²) in [4.78, 5) is 2.24. The Bertz CT molecular complexity index is 497. The van der Waals surface area contributed by atoms with Crippen molar-refractivity contribution in [3.8, 4) is 12.1 Å². The van der Waals surface area contributed by atoms with Crippen LogP contribution in [0.2, 0.25) is 0 Å². The molecule has 1 saturated heterocycles. The summed E-state index contributed by atoms with van der Waals surface area (Å²) in [5.74, 6) is 0. The van der Waals surface area contributed by atoms with Gasteiger partial charge in [0.25, 0.3) is 0 Å². The number of hydrogen-bond acceptors (Lipinski definition) is 4. The molecule has 0 aromatic heterocycles. The molecule has 0 spiro atoms. The van der Waals surface area contributed by atoms with Crippen LogP contribution in [0, 0.1) is 22.7 Å². The SMILES string of the molecule is CC1CN(c2cccc(C#N)c2)CC(CC#N)N1. The smallest absolute Gasteiger partial charge is 0.0992 e. The summed E-state index contributed by atoms with van der Waals surface area (Å²) in [7, 11) is 0. The van der Waals surface area contributed by atoms with Crippen LogP contribution in [0.4, 0.5) is 5.69 Å². The molecule has 1 N–H and O–H groups in total. The highest BCUT2D eigenvalue weighted by atomic mass is 15.2. The first-order valence-electron chi connectivity index (χ1n) is 6.11. The zero-order valence-corrected chi connectivity index (χ0v) is 10.4. The molecular formula is C14H16N4. The normalized spacial score (nSPS) is 23.2. The molecule has 1 aliphatic rings. The molecular weight excluding hydrogens is 224 g/mol. The molecule has 1 aromatic carbocycles. The van der Waals surface area contributed by atoms with Crippen LogP contribution < -0.4 is 10.2 Å². The molecule has 0 aliphatic carbocycles. The van der Waals surface area contributed by atoms with Crippen LogP contribution in [0.25, 0.3) is 0 Å². The van der Waals surface area contributed by atoms with Crippen molar-refractivity contribution in [1.29, 1.82) is 10.5 Å². The molecule has 2 atom stereocenters. The van der Waals surface area contributed by atoms with Gasteiger partial charge in [-0.05, 0) is 25.1 Å². The lowest BCUT2D eigenvalue weighted by Gasteiger charge is -2.38. The lowest BCUT2D eigenvalue weighted by molar-refractivity contribution is 0.391. The maximum Gasteiger partial charge on any atom is 0.0992 e. The van der Waals surface area contributed by atoms with Crippen molar-refractivity contribution in [3.63, 3.8) is 0 Å². The number of rotatable bonds is 2. The van der Waals surface area contributed by atoms with E-state index in [1.54, 1.807) is 0 Å². The fraction of sp³-hybridized carbons (Fsp3) is 0.429. The highest BCUT2D eigenvalue weighted by Crippen LogP contribution is 2.19. The summed E-state index contributed by atoms with van der Waals surface area (Å²) in [5.41, 5.74) is 1.74. The van der Waals surface area contributed by atoms with Gasteiger partial charge in [0.05, 0.1) is 24.1 Å². The minimum Gasteiger partial charge on any atom is -0.368 e. The van der Waals surface area contributed by atoms with E-state index in [0.717, 1.165) is 18.8 Å². The number of piperazine rings is 1. The number of nitrogens with zero attached hydrogens (tertiary/aromatic N) is 3. The Morgan fingerprint density at radius 1 is 1.39 bits per heavy atom. The van der Waals surface area contributed by atoms with E-state index < -0.39 is 0 Å². The first-order valence-corrected chi connectivity index (χ1v) is 6.11. The predicted octanol–water partition coefficient (Wildman–Crippen LogP) is 1.64. The molecule has 1 aliphatic heterocycles. The van der Waals surface area contributed by atoms with Gasteiger partial charge in [-0.1, -0.05) is 6.07 Å². The average molecular weight is 240 g/mol. The second-order valence-electron chi connectivity index (χ2n) is 4.69. The molecule has 0 radical (unpaired) electrons. The monoisotopic (exact) mass is 240 g/mol. The summed E-state index contributed by atoms with van der Waals surface area (Å²) in [6.45, 7) is 3.83. The standard InChI is InChI=1S/C14H16N4/c1-11-9-18(10-13(17-11)5-6-15)14-4-2-3-12(7-14)8-16/h2-4,7,11,13,17H,5,9-10H2,1H3. The molecule has 0 bridgehead atoms. The van der Waals surface area contributed by atoms with Crippen molar-refractivity contribution in [2.45, 2.75) is 25.4 Å². The van der Waals surface area contributed by atoms with Crippen molar-refractivity contribution < 1.29 is 0 Å². The Morgan fingerprint density at radius 3 is 2.94 bits per heavy atom. The van der Waals surface area contributed by atoms with E-state index in [0.29, 0.717) is 18.0 Å². The van der Waals surface area contributed by atoms with Gasteiger partial charge in [-0.2, -0.15) is 10.5 Å². The van der Waals surface area contributed by atoms with Crippen molar-refractivity contribution in [2.24, 2.45) is 0 Å². The van der Waals surface area contributed by atoms with E-state index in [1.807, 2.05) is 24.3 Å². The van der Waals surface area contributed by atoms with Gasteiger partial charge in [0.15, 0.2) is 0 Å².